The maximum Gasteiger partial charge on any atom is 0.410 e. The number of piperidine rings is 2. The van der Waals surface area contributed by atoms with Crippen molar-refractivity contribution >= 4 is 40.3 Å². The number of likely N-dealkylation sites (tertiary alicyclic amines) is 1. The summed E-state index contributed by atoms with van der Waals surface area (Å²) in [5, 5.41) is 8.63. The van der Waals surface area contributed by atoms with E-state index in [-0.39, 0.29) is 30.7 Å². The van der Waals surface area contributed by atoms with Crippen LogP contribution in [0.15, 0.2) is 42.7 Å². The molecule has 3 aromatic rings. The highest BCUT2D eigenvalue weighted by Crippen LogP contribution is 2.41. The molecule has 1 aromatic heterocycles. The second kappa shape index (κ2) is 9.98. The highest BCUT2D eigenvalue weighted by molar-refractivity contribution is 6.27. The van der Waals surface area contributed by atoms with Crippen LogP contribution in [0, 0.1) is 6.57 Å². The van der Waals surface area contributed by atoms with Gasteiger partial charge in [0.1, 0.15) is 11.6 Å². The summed E-state index contributed by atoms with van der Waals surface area (Å²) >= 11 is 0. The molecular formula is C31H32N6O5. The van der Waals surface area contributed by atoms with Gasteiger partial charge >= 0.3 is 11.8 Å². The number of hydrogen-bond acceptors (Lipinski definition) is 6. The number of ether oxygens (including phenoxy) is 1. The molecule has 1 atom stereocenters. The van der Waals surface area contributed by atoms with Crippen LogP contribution in [0.1, 0.15) is 67.9 Å². The van der Waals surface area contributed by atoms with Crippen LogP contribution in [-0.4, -0.2) is 63.2 Å². The topological polar surface area (TPSA) is 118 Å². The third-order valence-corrected chi connectivity index (χ3v) is 8.22. The molecule has 0 spiro atoms. The number of carbonyl (C=O) groups is 4. The van der Waals surface area contributed by atoms with Crippen molar-refractivity contribution in [2.75, 3.05) is 18.0 Å². The smallest absolute Gasteiger partial charge is 0.410 e. The first-order valence-corrected chi connectivity index (χ1v) is 14.1. The number of nitrogens with zero attached hydrogens (tertiary/aromatic N) is 5. The number of aromatic nitrogens is 2. The monoisotopic (exact) mass is 568 g/mol. The Hall–Kier alpha value is -4.72. The van der Waals surface area contributed by atoms with E-state index in [0.717, 1.165) is 21.9 Å². The summed E-state index contributed by atoms with van der Waals surface area (Å²) in [6.07, 6.45) is 5.17. The number of amides is 4. The van der Waals surface area contributed by atoms with Crippen molar-refractivity contribution in [3.63, 3.8) is 0 Å². The highest BCUT2D eigenvalue weighted by Gasteiger charge is 2.45. The summed E-state index contributed by atoms with van der Waals surface area (Å²) in [5.41, 5.74) is 1.65. The molecule has 0 bridgehead atoms. The predicted octanol–water partition coefficient (Wildman–Crippen LogP) is 4.00. The van der Waals surface area contributed by atoms with Gasteiger partial charge < -0.3 is 9.64 Å². The number of hydrogen-bond donors (Lipinski definition) is 1. The standard InChI is InChI=1S/C31H32N6O5/c1-30(2,3)42-29(41)35-14-12-31(32-4,13-15-35)36-18-19(17-33-36)16-20-8-9-23-26-21(20)6-5-7-22(26)28(40)37(23)24-10-11-25(38)34-27(24)39/h5-9,17-18,24H,10-16H2,1-3H3,(H,34,38,39). The molecular weight excluding hydrogens is 536 g/mol. The van der Waals surface area contributed by atoms with Crippen LogP contribution in [0.25, 0.3) is 15.6 Å². The van der Waals surface area contributed by atoms with Crippen molar-refractivity contribution in [1.82, 2.24) is 20.0 Å². The number of benzene rings is 2. The zero-order chi connectivity index (χ0) is 29.8. The van der Waals surface area contributed by atoms with E-state index in [1.807, 2.05) is 51.2 Å². The molecule has 2 fully saturated rings. The maximum atomic E-state index is 13.4. The lowest BCUT2D eigenvalue weighted by Crippen LogP contribution is -2.53. The zero-order valence-electron chi connectivity index (χ0n) is 23.8. The van der Waals surface area contributed by atoms with E-state index in [1.54, 1.807) is 21.8 Å². The highest BCUT2D eigenvalue weighted by atomic mass is 16.6. The summed E-state index contributed by atoms with van der Waals surface area (Å²) in [7, 11) is 0. The van der Waals surface area contributed by atoms with Crippen molar-refractivity contribution in [3.8, 4) is 0 Å². The lowest BCUT2D eigenvalue weighted by Gasteiger charge is -2.34. The van der Waals surface area contributed by atoms with Gasteiger partial charge in [0.05, 0.1) is 24.7 Å². The van der Waals surface area contributed by atoms with E-state index in [0.29, 0.717) is 43.6 Å². The Kier molecular flexibility index (Phi) is 6.52. The van der Waals surface area contributed by atoms with Crippen molar-refractivity contribution in [3.05, 3.63) is 70.8 Å². The van der Waals surface area contributed by atoms with Crippen molar-refractivity contribution in [2.24, 2.45) is 0 Å². The predicted molar refractivity (Wildman–Crippen MR) is 154 cm³/mol. The van der Waals surface area contributed by atoms with Crippen LogP contribution in [0.2, 0.25) is 0 Å². The number of imide groups is 1. The summed E-state index contributed by atoms with van der Waals surface area (Å²) in [5.74, 6) is -1.02. The number of rotatable bonds is 4. The third-order valence-electron chi connectivity index (χ3n) is 8.22. The van der Waals surface area contributed by atoms with Crippen LogP contribution in [-0.2, 0) is 26.4 Å². The van der Waals surface area contributed by atoms with Gasteiger partial charge in [-0.1, -0.05) is 18.2 Å². The lowest BCUT2D eigenvalue weighted by molar-refractivity contribution is -0.134. The first kappa shape index (κ1) is 27.4. The van der Waals surface area contributed by atoms with E-state index >= 15 is 0 Å². The van der Waals surface area contributed by atoms with E-state index in [1.165, 1.54) is 4.90 Å². The van der Waals surface area contributed by atoms with E-state index in [4.69, 9.17) is 11.3 Å². The second-order valence-electron chi connectivity index (χ2n) is 12.1. The second-order valence-corrected chi connectivity index (χ2v) is 12.1. The molecule has 0 radical (unpaired) electrons. The molecule has 1 unspecified atom stereocenters. The van der Waals surface area contributed by atoms with Gasteiger partial charge in [-0.15, -0.1) is 0 Å². The van der Waals surface area contributed by atoms with Crippen LogP contribution in [0.3, 0.4) is 0 Å². The molecule has 4 heterocycles. The van der Waals surface area contributed by atoms with Gasteiger partial charge in [0, 0.05) is 43.1 Å². The van der Waals surface area contributed by atoms with Crippen molar-refractivity contribution in [1.29, 1.82) is 0 Å². The van der Waals surface area contributed by atoms with E-state index in [9.17, 15) is 19.2 Å². The summed E-state index contributed by atoms with van der Waals surface area (Å²) in [6, 6.07) is 8.67. The molecule has 6 rings (SSSR count). The van der Waals surface area contributed by atoms with Gasteiger partial charge in [-0.25, -0.2) is 11.4 Å². The maximum absolute atomic E-state index is 13.4. The summed E-state index contributed by atoms with van der Waals surface area (Å²) in [6.45, 7) is 14.3. The molecule has 0 aliphatic carbocycles. The average Bonchev–Trinajstić information content (AvgIpc) is 3.53. The first-order chi connectivity index (χ1) is 20.0. The van der Waals surface area contributed by atoms with Crippen molar-refractivity contribution in [2.45, 2.75) is 70.2 Å². The van der Waals surface area contributed by atoms with Gasteiger partial charge in [0.15, 0.2) is 0 Å². The molecule has 0 saturated carbocycles. The molecule has 2 saturated heterocycles. The Morgan fingerprint density at radius 1 is 1.17 bits per heavy atom. The fraction of sp³-hybridized carbons (Fsp3) is 0.419. The van der Waals surface area contributed by atoms with Crippen LogP contribution < -0.4 is 10.2 Å². The molecule has 216 valence electrons. The van der Waals surface area contributed by atoms with Crippen molar-refractivity contribution < 1.29 is 23.9 Å². The molecule has 3 aliphatic rings. The molecule has 11 heteroatoms. The Labute approximate surface area is 243 Å². The quantitative estimate of drug-likeness (QED) is 0.376. The molecule has 1 N–H and O–H groups in total. The summed E-state index contributed by atoms with van der Waals surface area (Å²) < 4.78 is 7.22. The lowest BCUT2D eigenvalue weighted by atomic mass is 9.96. The molecule has 42 heavy (non-hydrogen) atoms. The fourth-order valence-electron chi connectivity index (χ4n) is 6.12. The molecule has 11 nitrogen and oxygen atoms in total. The Morgan fingerprint density at radius 2 is 1.93 bits per heavy atom. The Balaban J connectivity index is 1.23. The number of anilines is 1. The average molecular weight is 569 g/mol. The van der Waals surface area contributed by atoms with Gasteiger partial charge in [0.25, 0.3) is 5.91 Å². The Morgan fingerprint density at radius 3 is 2.62 bits per heavy atom. The van der Waals surface area contributed by atoms with Gasteiger partial charge in [-0.3, -0.25) is 29.4 Å². The normalized spacial score (nSPS) is 20.0. The molecule has 3 aliphatic heterocycles. The fourth-order valence-corrected chi connectivity index (χ4v) is 6.12. The van der Waals surface area contributed by atoms with Crippen LogP contribution >= 0.6 is 0 Å². The van der Waals surface area contributed by atoms with Crippen LogP contribution in [0.4, 0.5) is 10.5 Å². The van der Waals surface area contributed by atoms with Gasteiger partial charge in [-0.05, 0) is 55.8 Å². The minimum absolute atomic E-state index is 0.187. The largest absolute Gasteiger partial charge is 0.444 e. The number of nitrogens with one attached hydrogen (secondary N) is 1. The minimum Gasteiger partial charge on any atom is -0.444 e. The Bertz CT molecular complexity index is 1670. The van der Waals surface area contributed by atoms with Gasteiger partial charge in [0.2, 0.25) is 11.8 Å². The third kappa shape index (κ3) is 4.66. The molecule has 2 aromatic carbocycles. The van der Waals surface area contributed by atoms with E-state index < -0.39 is 23.2 Å². The first-order valence-electron chi connectivity index (χ1n) is 14.1. The number of carbonyl (C=O) groups excluding carboxylic acids is 4. The molecule has 4 amide bonds. The van der Waals surface area contributed by atoms with E-state index in [2.05, 4.69) is 15.3 Å². The minimum atomic E-state index is -0.881. The zero-order valence-corrected chi connectivity index (χ0v) is 23.8. The van der Waals surface area contributed by atoms with Gasteiger partial charge in [-0.2, -0.15) is 9.78 Å². The summed E-state index contributed by atoms with van der Waals surface area (Å²) in [4.78, 5) is 57.4. The van der Waals surface area contributed by atoms with Crippen LogP contribution in [0.5, 0.6) is 0 Å². The SMILES string of the molecule is [C-]#[N+]C1(n2cc(Cc3ccc4c5c(cccc35)C(=O)N4C3CCC(=O)NC3=O)cn2)CCN(C(=O)OC(C)(C)C)CC1.